The maximum absolute atomic E-state index is 9.26. The lowest BCUT2D eigenvalue weighted by Gasteiger charge is -2.21. The molecular weight excluding hydrogens is 641 g/mol. The van der Waals surface area contributed by atoms with Crippen LogP contribution in [0, 0.1) is 23.2 Å². The Kier molecular flexibility index (Phi) is 41.2. The highest BCUT2D eigenvalue weighted by molar-refractivity contribution is 5.01. The van der Waals surface area contributed by atoms with E-state index in [1.165, 1.54) is 244 Å². The van der Waals surface area contributed by atoms with E-state index >= 15 is 0 Å². The molecule has 0 aromatic heterocycles. The van der Waals surface area contributed by atoms with Crippen molar-refractivity contribution < 1.29 is 0 Å². The third-order valence-electron chi connectivity index (χ3n) is 12.3. The van der Waals surface area contributed by atoms with Crippen molar-refractivity contribution in [1.82, 2.24) is 4.90 Å². The molecule has 0 aromatic rings. The van der Waals surface area contributed by atoms with Crippen LogP contribution in [-0.2, 0) is 0 Å². The molecule has 0 rings (SSSR count). The van der Waals surface area contributed by atoms with Gasteiger partial charge in [-0.15, -0.1) is 0 Å². The van der Waals surface area contributed by atoms with Crippen LogP contribution >= 0.6 is 0 Å². The first-order chi connectivity index (χ1) is 26.0. The minimum absolute atomic E-state index is 0.668. The lowest BCUT2D eigenvalue weighted by Crippen LogP contribution is -2.27. The van der Waals surface area contributed by atoms with Gasteiger partial charge in [-0.25, -0.2) is 0 Å². The summed E-state index contributed by atoms with van der Waals surface area (Å²) in [7, 11) is 0. The van der Waals surface area contributed by atoms with Crippen molar-refractivity contribution in [3.63, 3.8) is 0 Å². The summed E-state index contributed by atoms with van der Waals surface area (Å²) >= 11 is 0. The van der Waals surface area contributed by atoms with Gasteiger partial charge in [0, 0.05) is 13.0 Å². The van der Waals surface area contributed by atoms with E-state index in [4.69, 9.17) is 0 Å². The smallest absolute Gasteiger partial charge is 0.0635 e. The molecule has 2 heteroatoms. The van der Waals surface area contributed by atoms with Crippen LogP contribution in [0.2, 0.25) is 0 Å². The molecule has 0 fully saturated rings. The number of hydrogen-bond donors (Lipinski definition) is 0. The molecule has 0 amide bonds. The summed E-state index contributed by atoms with van der Waals surface area (Å²) in [6.45, 7) is 21.8. The molecule has 2 atom stereocenters. The first-order valence-corrected chi connectivity index (χ1v) is 24.5. The standard InChI is InChI=1S/C51H98N2/c1-7-11-15-19-25-33-42-50(40-31-17-13-9-3)48(5)38-29-23-21-27-35-45-53(47-37-44-52)46-36-28-22-24-30-39-49(6)51(41-32-18-14-10-4)43-34-26-20-16-12-8-2/h50-51H,5-43,45-47H2,1-4H3/t50-,51-/m0/s1. The second-order valence-electron chi connectivity index (χ2n) is 17.3. The number of unbranched alkanes of at least 4 members (excludes halogenated alkanes) is 24. The Bertz CT molecular complexity index is 750. The highest BCUT2D eigenvalue weighted by atomic mass is 15.1. The van der Waals surface area contributed by atoms with E-state index in [0.717, 1.165) is 18.4 Å². The molecular formula is C51H98N2. The van der Waals surface area contributed by atoms with Gasteiger partial charge in [0.1, 0.15) is 0 Å². The molecule has 0 aliphatic rings. The molecule has 0 aliphatic heterocycles. The van der Waals surface area contributed by atoms with Gasteiger partial charge >= 0.3 is 0 Å². The average molecular weight is 739 g/mol. The molecule has 0 aliphatic carbocycles. The normalized spacial score (nSPS) is 12.7. The number of allylic oxidation sites excluding steroid dienone is 2. The Labute approximate surface area is 336 Å². The quantitative estimate of drug-likeness (QED) is 0.0460. The van der Waals surface area contributed by atoms with E-state index in [-0.39, 0.29) is 0 Å². The molecule has 312 valence electrons. The highest BCUT2D eigenvalue weighted by Crippen LogP contribution is 2.29. The Balaban J connectivity index is 4.29. The first kappa shape index (κ1) is 51.9. The Morgan fingerprint density at radius 2 is 0.679 bits per heavy atom. The van der Waals surface area contributed by atoms with E-state index in [0.29, 0.717) is 6.42 Å². The minimum Gasteiger partial charge on any atom is -0.302 e. The number of hydrogen-bond acceptors (Lipinski definition) is 2. The van der Waals surface area contributed by atoms with Crippen molar-refractivity contribution >= 4 is 0 Å². The van der Waals surface area contributed by atoms with Crippen molar-refractivity contribution in [3.8, 4) is 6.07 Å². The van der Waals surface area contributed by atoms with Gasteiger partial charge in [0.05, 0.1) is 6.07 Å². The van der Waals surface area contributed by atoms with Crippen LogP contribution in [-0.4, -0.2) is 24.5 Å². The van der Waals surface area contributed by atoms with E-state index in [2.05, 4.69) is 51.8 Å². The van der Waals surface area contributed by atoms with Gasteiger partial charge in [0.15, 0.2) is 0 Å². The molecule has 0 unspecified atom stereocenters. The van der Waals surface area contributed by atoms with Crippen LogP contribution in [0.15, 0.2) is 24.3 Å². The topological polar surface area (TPSA) is 27.0 Å². The fourth-order valence-electron chi connectivity index (χ4n) is 8.47. The monoisotopic (exact) mass is 739 g/mol. The van der Waals surface area contributed by atoms with Crippen molar-refractivity contribution in [1.29, 1.82) is 5.26 Å². The van der Waals surface area contributed by atoms with E-state index in [9.17, 15) is 5.26 Å². The lowest BCUT2D eigenvalue weighted by atomic mass is 9.86. The zero-order valence-corrected chi connectivity index (χ0v) is 37.2. The highest BCUT2D eigenvalue weighted by Gasteiger charge is 2.14. The number of nitriles is 1. The van der Waals surface area contributed by atoms with Gasteiger partial charge in [-0.1, -0.05) is 219 Å². The van der Waals surface area contributed by atoms with Gasteiger partial charge < -0.3 is 4.90 Å². The van der Waals surface area contributed by atoms with Gasteiger partial charge in [0.2, 0.25) is 0 Å². The Morgan fingerprint density at radius 1 is 0.396 bits per heavy atom. The van der Waals surface area contributed by atoms with Crippen LogP contribution in [0.3, 0.4) is 0 Å². The van der Waals surface area contributed by atoms with E-state index < -0.39 is 0 Å². The average Bonchev–Trinajstić information content (AvgIpc) is 3.16. The maximum atomic E-state index is 9.26. The predicted octanol–water partition coefficient (Wildman–Crippen LogP) is 17.7. The van der Waals surface area contributed by atoms with Gasteiger partial charge in [0.25, 0.3) is 0 Å². The molecule has 0 aromatic carbocycles. The van der Waals surface area contributed by atoms with E-state index in [1.807, 2.05) is 0 Å². The molecule has 0 N–H and O–H groups in total. The minimum atomic E-state index is 0.668. The second-order valence-corrected chi connectivity index (χ2v) is 17.3. The van der Waals surface area contributed by atoms with Crippen molar-refractivity contribution in [2.75, 3.05) is 19.6 Å². The summed E-state index contributed by atoms with van der Waals surface area (Å²) in [6.07, 6.45) is 49.8. The van der Waals surface area contributed by atoms with Crippen LogP contribution in [0.5, 0.6) is 0 Å². The number of rotatable bonds is 44. The van der Waals surface area contributed by atoms with Crippen LogP contribution in [0.4, 0.5) is 0 Å². The SMILES string of the molecule is C=C(CCCCCCCN(CCC#N)CCCCCCCC(=C)[C@@H](CCCCCC)CCCCCCCC)[C@@H](CCCCCC)CCCCCCCC. The third kappa shape index (κ3) is 35.1. The number of nitrogens with zero attached hydrogens (tertiary/aromatic N) is 2. The van der Waals surface area contributed by atoms with Gasteiger partial charge in [-0.05, 0) is 89.1 Å². The summed E-state index contributed by atoms with van der Waals surface area (Å²) in [5, 5.41) is 9.26. The van der Waals surface area contributed by atoms with Crippen molar-refractivity contribution in [2.45, 2.75) is 265 Å². The fourth-order valence-corrected chi connectivity index (χ4v) is 8.47. The molecule has 0 saturated heterocycles. The second kappa shape index (κ2) is 42.1. The zero-order valence-electron chi connectivity index (χ0n) is 37.2. The molecule has 0 bridgehead atoms. The Morgan fingerprint density at radius 3 is 1.02 bits per heavy atom. The van der Waals surface area contributed by atoms with E-state index in [1.54, 1.807) is 11.1 Å². The molecule has 2 nitrogen and oxygen atoms in total. The van der Waals surface area contributed by atoms with Crippen LogP contribution in [0.25, 0.3) is 0 Å². The summed E-state index contributed by atoms with van der Waals surface area (Å²) in [5.74, 6) is 1.53. The molecule has 0 radical (unpaired) electrons. The largest absolute Gasteiger partial charge is 0.302 e. The van der Waals surface area contributed by atoms with Crippen LogP contribution < -0.4 is 0 Å². The predicted molar refractivity (Wildman–Crippen MR) is 241 cm³/mol. The Hall–Kier alpha value is -1.07. The summed E-state index contributed by atoms with van der Waals surface area (Å²) in [6, 6.07) is 2.40. The van der Waals surface area contributed by atoms with Gasteiger partial charge in [-0.3, -0.25) is 0 Å². The molecule has 0 spiro atoms. The van der Waals surface area contributed by atoms with Gasteiger partial charge in [-0.2, -0.15) is 5.26 Å². The summed E-state index contributed by atoms with van der Waals surface area (Å²) < 4.78 is 0. The summed E-state index contributed by atoms with van der Waals surface area (Å²) in [4.78, 5) is 2.59. The maximum Gasteiger partial charge on any atom is 0.0635 e. The first-order valence-electron chi connectivity index (χ1n) is 24.5. The molecule has 0 saturated carbocycles. The van der Waals surface area contributed by atoms with Crippen molar-refractivity contribution in [2.24, 2.45) is 11.8 Å². The van der Waals surface area contributed by atoms with Crippen molar-refractivity contribution in [3.05, 3.63) is 24.3 Å². The lowest BCUT2D eigenvalue weighted by molar-refractivity contribution is 0.265. The molecule has 0 heterocycles. The zero-order chi connectivity index (χ0) is 38.9. The summed E-state index contributed by atoms with van der Waals surface area (Å²) in [5.41, 5.74) is 3.13. The fraction of sp³-hybridized carbons (Fsp3) is 0.902. The van der Waals surface area contributed by atoms with Crippen LogP contribution in [0.1, 0.15) is 265 Å². The molecule has 53 heavy (non-hydrogen) atoms. The third-order valence-corrected chi connectivity index (χ3v) is 12.3.